The van der Waals surface area contributed by atoms with Gasteiger partial charge in [-0.25, -0.2) is 15.0 Å². The van der Waals surface area contributed by atoms with Crippen LogP contribution in [-0.2, 0) is 0 Å². The highest BCUT2D eigenvalue weighted by molar-refractivity contribution is 5.80. The molecule has 0 aliphatic heterocycles. The Labute approximate surface area is 134 Å². The van der Waals surface area contributed by atoms with E-state index in [9.17, 15) is 0 Å². The molecular weight excluding hydrogens is 288 g/mol. The molecule has 6 heteroatoms. The predicted octanol–water partition coefficient (Wildman–Crippen LogP) is 3.56. The second kappa shape index (κ2) is 6.31. The summed E-state index contributed by atoms with van der Waals surface area (Å²) in [6.07, 6.45) is 3.17. The van der Waals surface area contributed by atoms with Crippen molar-refractivity contribution in [1.29, 1.82) is 0 Å². The number of anilines is 5. The van der Waals surface area contributed by atoms with Crippen molar-refractivity contribution < 1.29 is 0 Å². The third kappa shape index (κ3) is 3.37. The summed E-state index contributed by atoms with van der Waals surface area (Å²) in [5.41, 5.74) is 9.89. The minimum atomic E-state index is 0.444. The lowest BCUT2D eigenvalue weighted by Crippen LogP contribution is -2.06. The first kappa shape index (κ1) is 14.8. The minimum Gasteiger partial charge on any atom is -0.393 e. The van der Waals surface area contributed by atoms with Crippen molar-refractivity contribution in [3.63, 3.8) is 0 Å². The molecule has 3 aromatic rings. The molecule has 4 N–H and O–H groups in total. The second-order valence-electron chi connectivity index (χ2n) is 5.27. The smallest absolute Gasteiger partial charge is 0.160 e. The lowest BCUT2D eigenvalue weighted by atomic mass is 10.1. The van der Waals surface area contributed by atoms with Crippen LogP contribution in [0.1, 0.15) is 11.1 Å². The summed E-state index contributed by atoms with van der Waals surface area (Å²) in [6, 6.07) is 11.8. The summed E-state index contributed by atoms with van der Waals surface area (Å²) < 4.78 is 0. The van der Waals surface area contributed by atoms with Gasteiger partial charge in [0.25, 0.3) is 0 Å². The fraction of sp³-hybridized carbons (Fsp3) is 0.118. The molecule has 3 rings (SSSR count). The van der Waals surface area contributed by atoms with Crippen molar-refractivity contribution in [3.8, 4) is 0 Å². The van der Waals surface area contributed by atoms with E-state index < -0.39 is 0 Å². The van der Waals surface area contributed by atoms with E-state index in [4.69, 9.17) is 5.73 Å². The fourth-order valence-electron chi connectivity index (χ4n) is 2.15. The number of benzene rings is 1. The zero-order valence-electron chi connectivity index (χ0n) is 13.0. The normalized spacial score (nSPS) is 10.3. The summed E-state index contributed by atoms with van der Waals surface area (Å²) in [5, 5.41) is 6.37. The zero-order chi connectivity index (χ0) is 16.2. The van der Waals surface area contributed by atoms with Gasteiger partial charge in [0, 0.05) is 11.9 Å². The lowest BCUT2D eigenvalue weighted by molar-refractivity contribution is 1.16. The maximum absolute atomic E-state index is 6.19. The maximum Gasteiger partial charge on any atom is 0.160 e. The summed E-state index contributed by atoms with van der Waals surface area (Å²) >= 11 is 0. The third-order valence-corrected chi connectivity index (χ3v) is 3.44. The van der Waals surface area contributed by atoms with Gasteiger partial charge in [0.05, 0.1) is 0 Å². The van der Waals surface area contributed by atoms with Gasteiger partial charge in [-0.15, -0.1) is 0 Å². The Morgan fingerprint density at radius 3 is 2.43 bits per heavy atom. The molecule has 2 aromatic heterocycles. The Kier molecular flexibility index (Phi) is 4.05. The zero-order valence-corrected chi connectivity index (χ0v) is 13.0. The van der Waals surface area contributed by atoms with Gasteiger partial charge in [-0.2, -0.15) is 0 Å². The number of nitrogens with two attached hydrogens (primary N) is 1. The van der Waals surface area contributed by atoms with Crippen molar-refractivity contribution in [1.82, 2.24) is 15.0 Å². The molecule has 0 atom stereocenters. The van der Waals surface area contributed by atoms with E-state index in [-0.39, 0.29) is 0 Å². The molecular formula is C17H18N6. The summed E-state index contributed by atoms with van der Waals surface area (Å²) in [5.74, 6) is 1.76. The highest BCUT2D eigenvalue weighted by atomic mass is 15.1. The Bertz CT molecular complexity index is 817. The van der Waals surface area contributed by atoms with Crippen LogP contribution in [0, 0.1) is 13.8 Å². The fourth-order valence-corrected chi connectivity index (χ4v) is 2.15. The van der Waals surface area contributed by atoms with Crippen molar-refractivity contribution in [2.75, 3.05) is 16.4 Å². The molecule has 23 heavy (non-hydrogen) atoms. The van der Waals surface area contributed by atoms with Gasteiger partial charge in [-0.1, -0.05) is 18.2 Å². The second-order valence-corrected chi connectivity index (χ2v) is 5.27. The van der Waals surface area contributed by atoms with Crippen LogP contribution in [0.5, 0.6) is 0 Å². The molecule has 0 fully saturated rings. The Hall–Kier alpha value is -3.15. The summed E-state index contributed by atoms with van der Waals surface area (Å²) in [7, 11) is 0. The molecule has 0 spiro atoms. The number of hydrogen-bond acceptors (Lipinski definition) is 6. The number of aromatic nitrogens is 3. The van der Waals surface area contributed by atoms with Crippen molar-refractivity contribution in [2.45, 2.75) is 13.8 Å². The highest BCUT2D eigenvalue weighted by Crippen LogP contribution is 2.29. The highest BCUT2D eigenvalue weighted by Gasteiger charge is 2.10. The molecule has 0 amide bonds. The number of nitrogens with zero attached hydrogens (tertiary/aromatic N) is 3. The molecule has 0 bridgehead atoms. The molecule has 0 aliphatic rings. The average Bonchev–Trinajstić information content (AvgIpc) is 2.55. The maximum atomic E-state index is 6.19. The molecule has 0 aliphatic carbocycles. The van der Waals surface area contributed by atoms with Crippen molar-refractivity contribution in [3.05, 3.63) is 60.0 Å². The van der Waals surface area contributed by atoms with E-state index in [1.54, 1.807) is 6.20 Å². The largest absolute Gasteiger partial charge is 0.393 e. The van der Waals surface area contributed by atoms with E-state index in [0.717, 1.165) is 16.8 Å². The topological polar surface area (TPSA) is 88.8 Å². The molecule has 0 saturated heterocycles. The first-order chi connectivity index (χ1) is 11.1. The van der Waals surface area contributed by atoms with Crippen LogP contribution >= 0.6 is 0 Å². The number of nitrogens with one attached hydrogen (secondary N) is 2. The van der Waals surface area contributed by atoms with Gasteiger partial charge in [0.1, 0.15) is 17.8 Å². The van der Waals surface area contributed by atoms with Crippen LogP contribution in [0.3, 0.4) is 0 Å². The molecule has 116 valence electrons. The first-order valence-electron chi connectivity index (χ1n) is 7.26. The standard InChI is InChI=1S/C17H18N6/c1-11-6-7-12(2)13(9-11)22-16-15(18)17(21-10-20-16)23-14-5-3-4-8-19-14/h3-10H,18H2,1-2H3,(H2,19,20,21,22,23). The number of aryl methyl sites for hydroxylation is 2. The Morgan fingerprint density at radius 1 is 0.913 bits per heavy atom. The van der Waals surface area contributed by atoms with E-state index in [1.165, 1.54) is 6.33 Å². The van der Waals surface area contributed by atoms with Crippen molar-refractivity contribution >= 4 is 28.8 Å². The van der Waals surface area contributed by atoms with Crippen LogP contribution in [-0.4, -0.2) is 15.0 Å². The average molecular weight is 306 g/mol. The van der Waals surface area contributed by atoms with Crippen LogP contribution in [0.15, 0.2) is 48.9 Å². The van der Waals surface area contributed by atoms with Crippen molar-refractivity contribution in [2.24, 2.45) is 0 Å². The Balaban J connectivity index is 1.89. The third-order valence-electron chi connectivity index (χ3n) is 3.44. The molecule has 0 radical (unpaired) electrons. The van der Waals surface area contributed by atoms with Crippen LogP contribution < -0.4 is 16.4 Å². The number of hydrogen-bond donors (Lipinski definition) is 3. The SMILES string of the molecule is Cc1ccc(C)c(Nc2ncnc(Nc3ccccn3)c2N)c1. The van der Waals surface area contributed by atoms with Gasteiger partial charge < -0.3 is 16.4 Å². The molecule has 1 aromatic carbocycles. The number of pyridine rings is 1. The van der Waals surface area contributed by atoms with Gasteiger partial charge >= 0.3 is 0 Å². The van der Waals surface area contributed by atoms with E-state index in [0.29, 0.717) is 23.1 Å². The van der Waals surface area contributed by atoms with E-state index >= 15 is 0 Å². The lowest BCUT2D eigenvalue weighted by Gasteiger charge is -2.14. The van der Waals surface area contributed by atoms with Crippen LogP contribution in [0.4, 0.5) is 28.8 Å². The summed E-state index contributed by atoms with van der Waals surface area (Å²) in [6.45, 7) is 4.08. The Morgan fingerprint density at radius 2 is 1.70 bits per heavy atom. The van der Waals surface area contributed by atoms with Gasteiger partial charge in [0.15, 0.2) is 11.6 Å². The molecule has 6 nitrogen and oxygen atoms in total. The summed E-state index contributed by atoms with van der Waals surface area (Å²) in [4.78, 5) is 12.6. The van der Waals surface area contributed by atoms with Gasteiger partial charge in [-0.3, -0.25) is 0 Å². The molecule has 2 heterocycles. The monoisotopic (exact) mass is 306 g/mol. The predicted molar refractivity (Wildman–Crippen MR) is 93.2 cm³/mol. The number of rotatable bonds is 4. The van der Waals surface area contributed by atoms with Crippen LogP contribution in [0.2, 0.25) is 0 Å². The minimum absolute atomic E-state index is 0.444. The van der Waals surface area contributed by atoms with E-state index in [2.05, 4.69) is 43.8 Å². The molecule has 0 saturated carbocycles. The van der Waals surface area contributed by atoms with Crippen LogP contribution in [0.25, 0.3) is 0 Å². The van der Waals surface area contributed by atoms with Gasteiger partial charge in [0.2, 0.25) is 0 Å². The van der Waals surface area contributed by atoms with Gasteiger partial charge in [-0.05, 0) is 43.2 Å². The first-order valence-corrected chi connectivity index (χ1v) is 7.26. The van der Waals surface area contributed by atoms with E-state index in [1.807, 2.05) is 32.0 Å². The quantitative estimate of drug-likeness (QED) is 0.683. The molecule has 0 unspecified atom stereocenters. The number of nitrogen functional groups attached to an aromatic ring is 1.